The molecule has 0 aliphatic carbocycles. The van der Waals surface area contributed by atoms with E-state index >= 15 is 0 Å². The van der Waals surface area contributed by atoms with E-state index in [0.717, 1.165) is 5.56 Å². The minimum absolute atomic E-state index is 0.661. The smallest absolute Gasteiger partial charge is 0.225 e. The van der Waals surface area contributed by atoms with Gasteiger partial charge >= 0.3 is 0 Å². The molecule has 2 nitrogen and oxygen atoms in total. The molecule has 3 aromatic rings. The molecule has 0 aliphatic heterocycles. The Kier molecular flexibility index (Phi) is 2.92. The molecular weight excluding hydrogens is 234 g/mol. The lowest BCUT2D eigenvalue weighted by Gasteiger charge is -2.08. The fraction of sp³-hybridized carbons (Fsp3) is 0.118. The molecule has 0 amide bonds. The molecule has 0 unspecified atom stereocenters. The fourth-order valence-corrected chi connectivity index (χ4v) is 2.17. The number of nitrogens with zero attached hydrogens (tertiary/aromatic N) is 1. The number of hydrogen-bond acceptors (Lipinski definition) is 2. The Labute approximate surface area is 112 Å². The normalized spacial score (nSPS) is 10.6. The number of rotatable bonds is 2. The first-order valence-corrected chi connectivity index (χ1v) is 6.31. The third kappa shape index (κ3) is 2.29. The Balaban J connectivity index is 2.10. The molecule has 94 valence electrons. The van der Waals surface area contributed by atoms with Crippen molar-refractivity contribution >= 4 is 0 Å². The lowest BCUT2D eigenvalue weighted by molar-refractivity contribution is 0.574. The van der Waals surface area contributed by atoms with E-state index < -0.39 is 0 Å². The Bertz CT molecular complexity index is 682. The van der Waals surface area contributed by atoms with E-state index in [1.807, 2.05) is 6.07 Å². The second kappa shape index (κ2) is 4.73. The summed E-state index contributed by atoms with van der Waals surface area (Å²) in [5.41, 5.74) is 5.96. The summed E-state index contributed by atoms with van der Waals surface area (Å²) in [5, 5.41) is 0. The van der Waals surface area contributed by atoms with Gasteiger partial charge in [-0.25, -0.2) is 4.98 Å². The topological polar surface area (TPSA) is 26.0 Å². The quantitative estimate of drug-likeness (QED) is 0.662. The van der Waals surface area contributed by atoms with Crippen molar-refractivity contribution < 1.29 is 4.42 Å². The van der Waals surface area contributed by atoms with Crippen molar-refractivity contribution in [3.05, 3.63) is 66.1 Å². The van der Waals surface area contributed by atoms with E-state index in [1.54, 1.807) is 12.5 Å². The van der Waals surface area contributed by atoms with Crippen LogP contribution in [0.3, 0.4) is 0 Å². The van der Waals surface area contributed by atoms with Crippen LogP contribution in [-0.2, 0) is 0 Å². The number of aryl methyl sites for hydroxylation is 2. The second-order valence-electron chi connectivity index (χ2n) is 4.73. The van der Waals surface area contributed by atoms with Crippen LogP contribution in [0.15, 0.2) is 59.3 Å². The van der Waals surface area contributed by atoms with E-state index in [0.29, 0.717) is 5.89 Å². The molecule has 2 aromatic carbocycles. The average molecular weight is 249 g/mol. The monoisotopic (exact) mass is 249 g/mol. The van der Waals surface area contributed by atoms with Crippen LogP contribution in [-0.4, -0.2) is 4.98 Å². The van der Waals surface area contributed by atoms with E-state index in [-0.39, 0.29) is 0 Å². The Morgan fingerprint density at radius 2 is 1.63 bits per heavy atom. The van der Waals surface area contributed by atoms with Gasteiger partial charge in [0, 0.05) is 5.56 Å². The van der Waals surface area contributed by atoms with Crippen molar-refractivity contribution in [1.82, 2.24) is 4.98 Å². The molecule has 3 rings (SSSR count). The zero-order valence-electron chi connectivity index (χ0n) is 11.1. The van der Waals surface area contributed by atoms with Gasteiger partial charge in [-0.1, -0.05) is 35.9 Å². The van der Waals surface area contributed by atoms with E-state index in [1.165, 1.54) is 22.3 Å². The first-order chi connectivity index (χ1) is 9.24. The number of benzene rings is 2. The highest BCUT2D eigenvalue weighted by atomic mass is 16.3. The van der Waals surface area contributed by atoms with Gasteiger partial charge in [0.2, 0.25) is 5.89 Å². The third-order valence-corrected chi connectivity index (χ3v) is 3.28. The van der Waals surface area contributed by atoms with Crippen molar-refractivity contribution in [3.63, 3.8) is 0 Å². The second-order valence-corrected chi connectivity index (χ2v) is 4.73. The lowest BCUT2D eigenvalue weighted by atomic mass is 9.97. The molecule has 0 saturated carbocycles. The fourth-order valence-electron chi connectivity index (χ4n) is 2.17. The molecule has 0 atom stereocenters. The van der Waals surface area contributed by atoms with Gasteiger partial charge in [-0.05, 0) is 42.7 Å². The van der Waals surface area contributed by atoms with Crippen LogP contribution in [0.5, 0.6) is 0 Å². The molecule has 1 aromatic heterocycles. The first kappa shape index (κ1) is 11.7. The highest BCUT2D eigenvalue weighted by molar-refractivity contribution is 5.72. The standard InChI is InChI=1S/C17H15NO/c1-12-3-6-14(7-4-12)16-11-15(8-5-13(16)2)17-18-9-10-19-17/h3-11H,1-2H3. The van der Waals surface area contributed by atoms with Gasteiger partial charge < -0.3 is 4.42 Å². The molecule has 0 bridgehead atoms. The Morgan fingerprint density at radius 3 is 2.32 bits per heavy atom. The summed E-state index contributed by atoms with van der Waals surface area (Å²) in [6, 6.07) is 14.8. The molecule has 0 N–H and O–H groups in total. The van der Waals surface area contributed by atoms with Gasteiger partial charge in [-0.15, -0.1) is 0 Å². The number of hydrogen-bond donors (Lipinski definition) is 0. The molecule has 0 radical (unpaired) electrons. The third-order valence-electron chi connectivity index (χ3n) is 3.28. The first-order valence-electron chi connectivity index (χ1n) is 6.31. The van der Waals surface area contributed by atoms with Gasteiger partial charge in [0.05, 0.1) is 6.20 Å². The summed E-state index contributed by atoms with van der Waals surface area (Å²) < 4.78 is 5.36. The van der Waals surface area contributed by atoms with Crippen LogP contribution in [0.4, 0.5) is 0 Å². The van der Waals surface area contributed by atoms with Crippen molar-refractivity contribution in [1.29, 1.82) is 0 Å². The van der Waals surface area contributed by atoms with Crippen molar-refractivity contribution in [3.8, 4) is 22.6 Å². The minimum atomic E-state index is 0.661. The molecule has 0 spiro atoms. The number of oxazole rings is 1. The van der Waals surface area contributed by atoms with Gasteiger partial charge in [0.15, 0.2) is 0 Å². The molecular formula is C17H15NO. The molecule has 0 fully saturated rings. The van der Waals surface area contributed by atoms with Crippen LogP contribution in [0.25, 0.3) is 22.6 Å². The van der Waals surface area contributed by atoms with Crippen LogP contribution in [0.1, 0.15) is 11.1 Å². The Morgan fingerprint density at radius 1 is 0.895 bits per heavy atom. The highest BCUT2D eigenvalue weighted by Gasteiger charge is 2.07. The molecule has 0 aliphatic rings. The SMILES string of the molecule is Cc1ccc(-c2cc(-c3ncco3)ccc2C)cc1. The molecule has 0 saturated heterocycles. The summed E-state index contributed by atoms with van der Waals surface area (Å²) in [5.74, 6) is 0.661. The summed E-state index contributed by atoms with van der Waals surface area (Å²) in [6.07, 6.45) is 3.27. The Hall–Kier alpha value is -2.35. The molecule has 2 heteroatoms. The average Bonchev–Trinajstić information content (AvgIpc) is 2.94. The lowest BCUT2D eigenvalue weighted by Crippen LogP contribution is -1.86. The van der Waals surface area contributed by atoms with Crippen LogP contribution in [0.2, 0.25) is 0 Å². The van der Waals surface area contributed by atoms with E-state index in [9.17, 15) is 0 Å². The number of aromatic nitrogens is 1. The van der Waals surface area contributed by atoms with Gasteiger partial charge in [-0.2, -0.15) is 0 Å². The summed E-state index contributed by atoms with van der Waals surface area (Å²) in [4.78, 5) is 4.20. The van der Waals surface area contributed by atoms with Gasteiger partial charge in [0.1, 0.15) is 6.26 Å². The summed E-state index contributed by atoms with van der Waals surface area (Å²) >= 11 is 0. The predicted molar refractivity (Wildman–Crippen MR) is 76.8 cm³/mol. The molecule has 19 heavy (non-hydrogen) atoms. The highest BCUT2D eigenvalue weighted by Crippen LogP contribution is 2.28. The van der Waals surface area contributed by atoms with Gasteiger partial charge in [-0.3, -0.25) is 0 Å². The predicted octanol–water partition coefficient (Wildman–Crippen LogP) is 4.63. The zero-order valence-corrected chi connectivity index (χ0v) is 11.1. The maximum Gasteiger partial charge on any atom is 0.225 e. The van der Waals surface area contributed by atoms with Crippen molar-refractivity contribution in [2.24, 2.45) is 0 Å². The van der Waals surface area contributed by atoms with Gasteiger partial charge in [0.25, 0.3) is 0 Å². The minimum Gasteiger partial charge on any atom is -0.445 e. The summed E-state index contributed by atoms with van der Waals surface area (Å²) in [6.45, 7) is 4.22. The zero-order chi connectivity index (χ0) is 13.2. The van der Waals surface area contributed by atoms with Crippen molar-refractivity contribution in [2.75, 3.05) is 0 Å². The largest absolute Gasteiger partial charge is 0.445 e. The maximum atomic E-state index is 5.36. The van der Waals surface area contributed by atoms with Crippen LogP contribution < -0.4 is 0 Å². The van der Waals surface area contributed by atoms with Crippen LogP contribution in [0, 0.1) is 13.8 Å². The maximum absolute atomic E-state index is 5.36. The van der Waals surface area contributed by atoms with E-state index in [2.05, 4.69) is 55.2 Å². The van der Waals surface area contributed by atoms with E-state index in [4.69, 9.17) is 4.42 Å². The summed E-state index contributed by atoms with van der Waals surface area (Å²) in [7, 11) is 0. The molecule has 1 heterocycles. The van der Waals surface area contributed by atoms with Crippen molar-refractivity contribution in [2.45, 2.75) is 13.8 Å². The van der Waals surface area contributed by atoms with Crippen LogP contribution >= 0.6 is 0 Å².